The molecule has 0 saturated carbocycles. The molecule has 1 aromatic carbocycles. The first kappa shape index (κ1) is 14.9. The number of hydrogen-bond acceptors (Lipinski definition) is 2. The van der Waals surface area contributed by atoms with Gasteiger partial charge in [0.15, 0.2) is 0 Å². The van der Waals surface area contributed by atoms with Gasteiger partial charge in [0.25, 0.3) is 0 Å². The first-order valence-corrected chi connectivity index (χ1v) is 7.62. The molecule has 0 fully saturated rings. The number of unbranched alkanes of at least 4 members (excludes halogenated alkanes) is 2. The molecule has 0 spiro atoms. The molecule has 1 heterocycles. The normalized spacial score (nSPS) is 11.3. The summed E-state index contributed by atoms with van der Waals surface area (Å²) in [6.45, 7) is 4.13. The van der Waals surface area contributed by atoms with E-state index >= 15 is 0 Å². The van der Waals surface area contributed by atoms with Crippen LogP contribution in [0.15, 0.2) is 24.4 Å². The molecule has 3 heteroatoms. The van der Waals surface area contributed by atoms with Crippen molar-refractivity contribution in [3.05, 3.63) is 30.0 Å². The van der Waals surface area contributed by atoms with Crippen molar-refractivity contribution in [2.45, 2.75) is 45.6 Å². The molecule has 20 heavy (non-hydrogen) atoms. The van der Waals surface area contributed by atoms with Gasteiger partial charge in [-0.3, -0.25) is 0 Å². The minimum absolute atomic E-state index is 0.798. The highest BCUT2D eigenvalue weighted by atomic mass is 16.5. The number of aryl methyl sites for hydroxylation is 2. The van der Waals surface area contributed by atoms with E-state index in [9.17, 15) is 0 Å². The van der Waals surface area contributed by atoms with Crippen molar-refractivity contribution < 1.29 is 4.74 Å². The number of benzene rings is 1. The smallest absolute Gasteiger partial charge is 0.0514 e. The van der Waals surface area contributed by atoms with Gasteiger partial charge >= 0.3 is 0 Å². The minimum atomic E-state index is 0.798. The van der Waals surface area contributed by atoms with Crippen LogP contribution in [0.3, 0.4) is 0 Å². The fourth-order valence-electron chi connectivity index (χ4n) is 2.78. The molecule has 0 radical (unpaired) electrons. The van der Waals surface area contributed by atoms with E-state index in [4.69, 9.17) is 10.5 Å². The van der Waals surface area contributed by atoms with E-state index < -0.39 is 0 Å². The lowest BCUT2D eigenvalue weighted by atomic mass is 10.1. The van der Waals surface area contributed by atoms with Crippen LogP contribution in [0.2, 0.25) is 0 Å². The first-order valence-electron chi connectivity index (χ1n) is 7.62. The summed E-state index contributed by atoms with van der Waals surface area (Å²) in [7, 11) is 1.75. The van der Waals surface area contributed by atoms with E-state index in [1.54, 1.807) is 7.11 Å². The third kappa shape index (κ3) is 3.54. The van der Waals surface area contributed by atoms with Gasteiger partial charge in [0.05, 0.1) is 5.52 Å². The molecule has 2 rings (SSSR count). The number of ether oxygens (including phenoxy) is 1. The lowest BCUT2D eigenvalue weighted by Crippen LogP contribution is -2.01. The van der Waals surface area contributed by atoms with E-state index in [0.29, 0.717) is 0 Å². The van der Waals surface area contributed by atoms with Crippen LogP contribution in [0.4, 0.5) is 5.69 Å². The summed E-state index contributed by atoms with van der Waals surface area (Å²) in [5.74, 6) is 0. The summed E-state index contributed by atoms with van der Waals surface area (Å²) in [6.07, 6.45) is 8.03. The van der Waals surface area contributed by atoms with Crippen molar-refractivity contribution in [2.24, 2.45) is 0 Å². The topological polar surface area (TPSA) is 40.2 Å². The number of methoxy groups -OCH3 is 1. The van der Waals surface area contributed by atoms with Gasteiger partial charge in [-0.05, 0) is 43.0 Å². The first-order chi connectivity index (χ1) is 9.76. The van der Waals surface area contributed by atoms with E-state index in [1.807, 2.05) is 0 Å². The van der Waals surface area contributed by atoms with Crippen molar-refractivity contribution >= 4 is 16.6 Å². The Bertz CT molecular complexity index is 545. The monoisotopic (exact) mass is 274 g/mol. The standard InChI is InChI=1S/C17H26N2O/c1-3-4-5-9-19-10-8-15-13-16(18)12-14(17(15)19)7-6-11-20-2/h8,10,12-13H,3-7,9,11,18H2,1-2H3. The highest BCUT2D eigenvalue weighted by Crippen LogP contribution is 2.25. The maximum Gasteiger partial charge on any atom is 0.0514 e. The van der Waals surface area contributed by atoms with Gasteiger partial charge in [0, 0.05) is 37.5 Å². The number of hydrogen-bond donors (Lipinski definition) is 1. The van der Waals surface area contributed by atoms with Crippen molar-refractivity contribution in [1.82, 2.24) is 4.57 Å². The quantitative estimate of drug-likeness (QED) is 0.584. The highest BCUT2D eigenvalue weighted by molar-refractivity contribution is 5.86. The number of nitrogens with zero attached hydrogens (tertiary/aromatic N) is 1. The van der Waals surface area contributed by atoms with Crippen LogP contribution in [0, 0.1) is 0 Å². The molecule has 3 nitrogen and oxygen atoms in total. The molecular weight excluding hydrogens is 248 g/mol. The zero-order valence-electron chi connectivity index (χ0n) is 12.7. The Morgan fingerprint density at radius 3 is 2.80 bits per heavy atom. The Balaban J connectivity index is 2.25. The number of nitrogen functional groups attached to an aromatic ring is 1. The molecule has 0 aliphatic carbocycles. The van der Waals surface area contributed by atoms with Gasteiger partial charge in [0.1, 0.15) is 0 Å². The molecule has 0 unspecified atom stereocenters. The Labute approximate surface area is 121 Å². The van der Waals surface area contributed by atoms with Gasteiger partial charge in [-0.1, -0.05) is 19.8 Å². The van der Waals surface area contributed by atoms with Crippen molar-refractivity contribution in [3.63, 3.8) is 0 Å². The predicted molar refractivity (Wildman–Crippen MR) is 86.1 cm³/mol. The molecule has 0 bridgehead atoms. The van der Waals surface area contributed by atoms with Crippen molar-refractivity contribution in [1.29, 1.82) is 0 Å². The summed E-state index contributed by atoms with van der Waals surface area (Å²) in [5, 5.41) is 1.26. The van der Waals surface area contributed by atoms with Crippen molar-refractivity contribution in [2.75, 3.05) is 19.5 Å². The van der Waals surface area contributed by atoms with Crippen LogP contribution in [0.1, 0.15) is 38.2 Å². The predicted octanol–water partition coefficient (Wildman–Crippen LogP) is 3.99. The van der Waals surface area contributed by atoms with E-state index in [-0.39, 0.29) is 0 Å². The average Bonchev–Trinajstić information content (AvgIpc) is 2.82. The summed E-state index contributed by atoms with van der Waals surface area (Å²) in [6, 6.07) is 6.37. The van der Waals surface area contributed by atoms with Crippen LogP contribution in [0.25, 0.3) is 10.9 Å². The minimum Gasteiger partial charge on any atom is -0.399 e. The van der Waals surface area contributed by atoms with Crippen LogP contribution < -0.4 is 5.73 Å². The largest absolute Gasteiger partial charge is 0.399 e. The third-order valence-electron chi connectivity index (χ3n) is 3.76. The molecule has 0 saturated heterocycles. The van der Waals surface area contributed by atoms with Gasteiger partial charge in [-0.15, -0.1) is 0 Å². The maximum atomic E-state index is 6.02. The Kier molecular flexibility index (Phi) is 5.48. The molecule has 0 atom stereocenters. The van der Waals surface area contributed by atoms with Crippen LogP contribution >= 0.6 is 0 Å². The van der Waals surface area contributed by atoms with E-state index in [2.05, 4.69) is 35.9 Å². The highest BCUT2D eigenvalue weighted by Gasteiger charge is 2.08. The zero-order valence-corrected chi connectivity index (χ0v) is 12.7. The summed E-state index contributed by atoms with van der Waals surface area (Å²) >= 11 is 0. The molecular formula is C17H26N2O. The molecule has 2 N–H and O–H groups in total. The SMILES string of the molecule is CCCCCn1ccc2cc(N)cc(CCCOC)c21. The average molecular weight is 274 g/mol. The van der Waals surface area contributed by atoms with Crippen LogP contribution in [0.5, 0.6) is 0 Å². The van der Waals surface area contributed by atoms with E-state index in [0.717, 1.165) is 31.7 Å². The Morgan fingerprint density at radius 1 is 1.20 bits per heavy atom. The maximum absolute atomic E-state index is 6.02. The molecule has 110 valence electrons. The molecule has 0 aliphatic rings. The zero-order chi connectivity index (χ0) is 14.4. The van der Waals surface area contributed by atoms with E-state index in [1.165, 1.54) is 35.7 Å². The fourth-order valence-corrected chi connectivity index (χ4v) is 2.78. The van der Waals surface area contributed by atoms with Crippen LogP contribution in [-0.2, 0) is 17.7 Å². The number of aromatic nitrogens is 1. The number of nitrogens with two attached hydrogens (primary N) is 1. The second kappa shape index (κ2) is 7.34. The summed E-state index contributed by atoms with van der Waals surface area (Å²) in [4.78, 5) is 0. The summed E-state index contributed by atoms with van der Waals surface area (Å²) < 4.78 is 7.54. The number of fused-ring (bicyclic) bond motifs is 1. The Morgan fingerprint density at radius 2 is 2.05 bits per heavy atom. The van der Waals surface area contributed by atoms with Gasteiger partial charge in [0.2, 0.25) is 0 Å². The van der Waals surface area contributed by atoms with Gasteiger partial charge in [-0.25, -0.2) is 0 Å². The lowest BCUT2D eigenvalue weighted by Gasteiger charge is -2.11. The molecule has 2 aromatic rings. The van der Waals surface area contributed by atoms with Gasteiger partial charge < -0.3 is 15.0 Å². The second-order valence-corrected chi connectivity index (χ2v) is 5.43. The Hall–Kier alpha value is -1.48. The number of anilines is 1. The number of rotatable bonds is 8. The van der Waals surface area contributed by atoms with Crippen LogP contribution in [-0.4, -0.2) is 18.3 Å². The molecule has 0 aliphatic heterocycles. The third-order valence-corrected chi connectivity index (χ3v) is 3.76. The van der Waals surface area contributed by atoms with Crippen molar-refractivity contribution in [3.8, 4) is 0 Å². The van der Waals surface area contributed by atoms with Gasteiger partial charge in [-0.2, -0.15) is 0 Å². The summed E-state index contributed by atoms with van der Waals surface area (Å²) in [5.41, 5.74) is 9.58. The molecule has 0 amide bonds. The second-order valence-electron chi connectivity index (χ2n) is 5.43. The fraction of sp³-hybridized carbons (Fsp3) is 0.529. The molecule has 1 aromatic heterocycles. The lowest BCUT2D eigenvalue weighted by molar-refractivity contribution is 0.195.